The van der Waals surface area contributed by atoms with Crippen LogP contribution in [-0.4, -0.2) is 51.9 Å². The summed E-state index contributed by atoms with van der Waals surface area (Å²) in [6, 6.07) is 13.4. The number of imidazole rings is 1. The normalized spacial score (nSPS) is 11.8. The number of carbonyl (C=O) groups is 1. The minimum Gasteiger partial charge on any atom is -0.496 e. The molecule has 4 aromatic rings. The number of fused-ring (bicyclic) bond motifs is 1. The molecule has 2 heterocycles. The summed E-state index contributed by atoms with van der Waals surface area (Å²) in [5, 5.41) is 24.3. The fraction of sp³-hybridized carbons (Fsp3) is 0.321. The number of rotatable bonds is 10. The van der Waals surface area contributed by atoms with Crippen LogP contribution in [0.2, 0.25) is 0 Å². The van der Waals surface area contributed by atoms with Crippen molar-refractivity contribution < 1.29 is 14.6 Å². The Morgan fingerprint density at radius 1 is 1.16 bits per heavy atom. The molecule has 2 aromatic carbocycles. The molecule has 1 atom stereocenters. The molecular formula is C28H34N6O3. The number of anilines is 3. The van der Waals surface area contributed by atoms with Crippen molar-refractivity contribution in [2.45, 2.75) is 40.2 Å². The van der Waals surface area contributed by atoms with Gasteiger partial charge < -0.3 is 25.8 Å². The molecule has 1 unspecified atom stereocenters. The van der Waals surface area contributed by atoms with Gasteiger partial charge in [-0.2, -0.15) is 0 Å². The van der Waals surface area contributed by atoms with Gasteiger partial charge in [-0.15, -0.1) is 5.10 Å². The largest absolute Gasteiger partial charge is 0.496 e. The van der Waals surface area contributed by atoms with E-state index in [2.05, 4.69) is 20.9 Å². The van der Waals surface area contributed by atoms with Crippen molar-refractivity contribution in [2.75, 3.05) is 30.8 Å². The van der Waals surface area contributed by atoms with Gasteiger partial charge in [0.05, 0.1) is 30.8 Å². The third-order valence-electron chi connectivity index (χ3n) is 6.12. The Kier molecular flexibility index (Phi) is 7.93. The second-order valence-corrected chi connectivity index (χ2v) is 9.10. The predicted octanol–water partition coefficient (Wildman–Crippen LogP) is 4.70. The molecule has 0 aliphatic rings. The van der Waals surface area contributed by atoms with Crippen molar-refractivity contribution in [1.82, 2.24) is 19.9 Å². The molecule has 1 amide bonds. The smallest absolute Gasteiger partial charge is 0.251 e. The molecule has 4 N–H and O–H groups in total. The number of nitrogens with zero attached hydrogens (tertiary/aromatic N) is 3. The van der Waals surface area contributed by atoms with Gasteiger partial charge in [0.2, 0.25) is 0 Å². The fourth-order valence-corrected chi connectivity index (χ4v) is 4.13. The van der Waals surface area contributed by atoms with Gasteiger partial charge in [-0.1, -0.05) is 19.1 Å². The van der Waals surface area contributed by atoms with Crippen LogP contribution in [0.25, 0.3) is 16.9 Å². The van der Waals surface area contributed by atoms with Crippen molar-refractivity contribution in [3.63, 3.8) is 0 Å². The van der Waals surface area contributed by atoms with Crippen LogP contribution in [0.1, 0.15) is 41.8 Å². The van der Waals surface area contributed by atoms with Crippen LogP contribution >= 0.6 is 0 Å². The second kappa shape index (κ2) is 11.3. The van der Waals surface area contributed by atoms with Crippen LogP contribution in [0.4, 0.5) is 17.2 Å². The first kappa shape index (κ1) is 26.0. The maximum Gasteiger partial charge on any atom is 0.251 e. The summed E-state index contributed by atoms with van der Waals surface area (Å²) in [7, 11) is 1.65. The fourth-order valence-electron chi connectivity index (χ4n) is 4.13. The first-order chi connectivity index (χ1) is 17.8. The second-order valence-electron chi connectivity index (χ2n) is 9.10. The number of benzene rings is 2. The van der Waals surface area contributed by atoms with E-state index in [1.165, 1.54) is 0 Å². The molecule has 0 fully saturated rings. The quantitative estimate of drug-likeness (QED) is 0.249. The zero-order valence-electron chi connectivity index (χ0n) is 21.9. The third kappa shape index (κ3) is 5.67. The van der Waals surface area contributed by atoms with Gasteiger partial charge in [0, 0.05) is 41.5 Å². The Hall–Kier alpha value is -4.11. The molecule has 194 valence electrons. The highest BCUT2D eigenvalue weighted by Crippen LogP contribution is 2.31. The van der Waals surface area contributed by atoms with Gasteiger partial charge in [-0.25, -0.2) is 9.50 Å². The standard InChI is InChI=1S/C28H34N6O3/c1-6-12-29-28(36)21-11-10-20(13-17(21)2)24-16-31-27-23(30-15-18(3)35)14-26(33-34(24)27)32-22-8-7-9-25(37-5)19(22)4/h7-11,13-14,16,18,30,35H,6,12,15H2,1-5H3,(H,29,36)(H,32,33). The molecule has 2 aromatic heterocycles. The highest BCUT2D eigenvalue weighted by atomic mass is 16.5. The lowest BCUT2D eigenvalue weighted by molar-refractivity contribution is 0.0953. The number of nitrogens with one attached hydrogen (secondary N) is 3. The molecule has 37 heavy (non-hydrogen) atoms. The van der Waals surface area contributed by atoms with E-state index in [-0.39, 0.29) is 5.91 Å². The van der Waals surface area contributed by atoms with Gasteiger partial charge in [0.1, 0.15) is 5.75 Å². The number of ether oxygens (including phenoxy) is 1. The van der Waals surface area contributed by atoms with E-state index >= 15 is 0 Å². The molecule has 9 heteroatoms. The monoisotopic (exact) mass is 502 g/mol. The van der Waals surface area contributed by atoms with Crippen LogP contribution in [0.15, 0.2) is 48.7 Å². The van der Waals surface area contributed by atoms with Crippen molar-refractivity contribution in [1.29, 1.82) is 0 Å². The maximum absolute atomic E-state index is 12.5. The molecule has 0 aliphatic heterocycles. The number of hydrogen-bond acceptors (Lipinski definition) is 7. The molecule has 9 nitrogen and oxygen atoms in total. The van der Waals surface area contributed by atoms with E-state index in [4.69, 9.17) is 9.84 Å². The van der Waals surface area contributed by atoms with Crippen molar-refractivity contribution in [3.05, 3.63) is 65.4 Å². The minimum absolute atomic E-state index is 0.0769. The van der Waals surface area contributed by atoms with Gasteiger partial charge in [-0.3, -0.25) is 4.79 Å². The molecule has 0 spiro atoms. The van der Waals surface area contributed by atoms with Crippen LogP contribution in [-0.2, 0) is 0 Å². The van der Waals surface area contributed by atoms with Gasteiger partial charge >= 0.3 is 0 Å². The van der Waals surface area contributed by atoms with E-state index < -0.39 is 6.10 Å². The van der Waals surface area contributed by atoms with Crippen LogP contribution in [0.3, 0.4) is 0 Å². The minimum atomic E-state index is -0.534. The molecule has 0 aliphatic carbocycles. The Balaban J connectivity index is 1.77. The molecule has 0 saturated heterocycles. The Bertz CT molecular complexity index is 1410. The van der Waals surface area contributed by atoms with E-state index in [0.29, 0.717) is 30.1 Å². The SMILES string of the molecule is CCCNC(=O)c1ccc(-c2cnc3c(NCC(C)O)cc(Nc4cccc(OC)c4C)nn23)cc1C. The Labute approximate surface area is 216 Å². The predicted molar refractivity (Wildman–Crippen MR) is 147 cm³/mol. The lowest BCUT2D eigenvalue weighted by Crippen LogP contribution is -2.24. The van der Waals surface area contributed by atoms with Crippen LogP contribution in [0, 0.1) is 13.8 Å². The molecule has 0 bridgehead atoms. The Morgan fingerprint density at radius 3 is 2.68 bits per heavy atom. The number of aliphatic hydroxyl groups excluding tert-OH is 1. The molecule has 0 radical (unpaired) electrons. The number of methoxy groups -OCH3 is 1. The Morgan fingerprint density at radius 2 is 1.97 bits per heavy atom. The van der Waals surface area contributed by atoms with Crippen LogP contribution in [0.5, 0.6) is 5.75 Å². The summed E-state index contributed by atoms with van der Waals surface area (Å²) in [5.74, 6) is 1.30. The highest BCUT2D eigenvalue weighted by Gasteiger charge is 2.16. The van der Waals surface area contributed by atoms with Crippen LogP contribution < -0.4 is 20.7 Å². The van der Waals surface area contributed by atoms with Gasteiger partial charge in [0.15, 0.2) is 11.5 Å². The van der Waals surface area contributed by atoms with Crippen molar-refractivity contribution in [3.8, 4) is 17.0 Å². The number of aryl methyl sites for hydroxylation is 1. The van der Waals surface area contributed by atoms with Gasteiger partial charge in [-0.05, 0) is 57.0 Å². The van der Waals surface area contributed by atoms with E-state index in [9.17, 15) is 9.90 Å². The number of amides is 1. The topological polar surface area (TPSA) is 113 Å². The average molecular weight is 503 g/mol. The van der Waals surface area contributed by atoms with E-state index in [1.54, 1.807) is 24.7 Å². The lowest BCUT2D eigenvalue weighted by atomic mass is 10.0. The maximum atomic E-state index is 12.5. The summed E-state index contributed by atoms with van der Waals surface area (Å²) < 4.78 is 7.23. The van der Waals surface area contributed by atoms with Gasteiger partial charge in [0.25, 0.3) is 5.91 Å². The lowest BCUT2D eigenvalue weighted by Gasteiger charge is -2.15. The summed E-state index contributed by atoms with van der Waals surface area (Å²) in [6.07, 6.45) is 2.11. The molecule has 0 saturated carbocycles. The number of aliphatic hydroxyl groups is 1. The third-order valence-corrected chi connectivity index (χ3v) is 6.12. The molecular weight excluding hydrogens is 468 g/mol. The first-order valence-electron chi connectivity index (χ1n) is 12.4. The van der Waals surface area contributed by atoms with E-state index in [1.807, 2.05) is 63.2 Å². The summed E-state index contributed by atoms with van der Waals surface area (Å²) in [6.45, 7) is 8.66. The molecule has 4 rings (SSSR count). The van der Waals surface area contributed by atoms with E-state index in [0.717, 1.165) is 45.9 Å². The summed E-state index contributed by atoms with van der Waals surface area (Å²) in [5.41, 5.74) is 6.38. The average Bonchev–Trinajstić information content (AvgIpc) is 3.31. The summed E-state index contributed by atoms with van der Waals surface area (Å²) in [4.78, 5) is 17.1. The number of aromatic nitrogens is 3. The zero-order chi connectivity index (χ0) is 26.5. The zero-order valence-corrected chi connectivity index (χ0v) is 21.9. The van der Waals surface area contributed by atoms with Crippen molar-refractivity contribution in [2.24, 2.45) is 0 Å². The van der Waals surface area contributed by atoms with Crippen molar-refractivity contribution >= 4 is 28.7 Å². The highest BCUT2D eigenvalue weighted by molar-refractivity contribution is 5.96. The number of hydrogen-bond donors (Lipinski definition) is 4. The summed E-state index contributed by atoms with van der Waals surface area (Å²) >= 11 is 0. The number of carbonyl (C=O) groups excluding carboxylic acids is 1. The first-order valence-corrected chi connectivity index (χ1v) is 12.4.